The summed E-state index contributed by atoms with van der Waals surface area (Å²) in [7, 11) is 0. The van der Waals surface area contributed by atoms with Gasteiger partial charge < -0.3 is 4.90 Å². The van der Waals surface area contributed by atoms with Gasteiger partial charge in [0.25, 0.3) is 0 Å². The van der Waals surface area contributed by atoms with Crippen molar-refractivity contribution in [3.63, 3.8) is 0 Å². The quantitative estimate of drug-likeness (QED) is 0.554. The number of para-hydroxylation sites is 1. The van der Waals surface area contributed by atoms with Crippen molar-refractivity contribution in [2.24, 2.45) is 0 Å². The summed E-state index contributed by atoms with van der Waals surface area (Å²) < 4.78 is 0.713. The Morgan fingerprint density at radius 2 is 1.55 bits per heavy atom. The van der Waals surface area contributed by atoms with E-state index < -0.39 is 5.25 Å². The number of benzene rings is 2. The van der Waals surface area contributed by atoms with Crippen LogP contribution >= 0.6 is 24.0 Å². The number of carbonyl (C=O) groups is 2. The van der Waals surface area contributed by atoms with E-state index >= 15 is 0 Å². The maximum absolute atomic E-state index is 12.8. The molecule has 2 heterocycles. The molecule has 7 heteroatoms. The van der Waals surface area contributed by atoms with E-state index in [9.17, 15) is 9.59 Å². The van der Waals surface area contributed by atoms with Crippen molar-refractivity contribution in [1.82, 2.24) is 9.80 Å². The molecule has 5 nitrogen and oxygen atoms in total. The highest BCUT2D eigenvalue weighted by Gasteiger charge is 2.41. The molecule has 2 aliphatic rings. The van der Waals surface area contributed by atoms with E-state index in [4.69, 9.17) is 12.2 Å². The van der Waals surface area contributed by atoms with Gasteiger partial charge in [-0.1, -0.05) is 72.5 Å². The van der Waals surface area contributed by atoms with Gasteiger partial charge in [0.2, 0.25) is 11.8 Å². The third-order valence-corrected chi connectivity index (χ3v) is 6.90. The van der Waals surface area contributed by atoms with Crippen molar-refractivity contribution < 1.29 is 9.59 Å². The molecule has 0 spiro atoms. The Balaban J connectivity index is 1.30. The molecule has 2 saturated heterocycles. The van der Waals surface area contributed by atoms with Crippen LogP contribution in [0.15, 0.2) is 60.7 Å². The summed E-state index contributed by atoms with van der Waals surface area (Å²) in [5.41, 5.74) is 1.94. The number of thioether (sulfide) groups is 1. The molecule has 0 saturated carbocycles. The average Bonchev–Trinajstić information content (AvgIpc) is 3.03. The third-order valence-electron chi connectivity index (χ3n) is 5.24. The topological polar surface area (TPSA) is 43.9 Å². The van der Waals surface area contributed by atoms with Crippen LogP contribution in [0.25, 0.3) is 0 Å². The van der Waals surface area contributed by atoms with Gasteiger partial charge in [-0.2, -0.15) is 0 Å². The molecule has 0 aliphatic carbocycles. The van der Waals surface area contributed by atoms with Gasteiger partial charge in [0, 0.05) is 39.1 Å². The summed E-state index contributed by atoms with van der Waals surface area (Å²) in [5.74, 6) is -0.328. The second-order valence-corrected chi connectivity index (χ2v) is 9.06. The molecule has 2 amide bonds. The maximum atomic E-state index is 12.8. The minimum atomic E-state index is -0.433. The first-order chi connectivity index (χ1) is 14.1. The fourth-order valence-corrected chi connectivity index (χ4v) is 5.21. The van der Waals surface area contributed by atoms with Crippen LogP contribution in [0.5, 0.6) is 0 Å². The molecule has 2 aromatic carbocycles. The van der Waals surface area contributed by atoms with Crippen LogP contribution in [-0.2, 0) is 16.1 Å². The van der Waals surface area contributed by atoms with Crippen LogP contribution in [0.1, 0.15) is 12.0 Å². The minimum Gasteiger partial charge on any atom is -0.355 e. The molecule has 0 aromatic heterocycles. The van der Waals surface area contributed by atoms with Gasteiger partial charge in [0.1, 0.15) is 9.57 Å². The molecule has 29 heavy (non-hydrogen) atoms. The molecule has 150 valence electrons. The number of amides is 2. The van der Waals surface area contributed by atoms with Gasteiger partial charge in [0.05, 0.1) is 5.69 Å². The lowest BCUT2D eigenvalue weighted by molar-refractivity contribution is -0.121. The summed E-state index contributed by atoms with van der Waals surface area (Å²) in [6.45, 7) is 4.49. The zero-order valence-electron chi connectivity index (χ0n) is 16.1. The zero-order valence-corrected chi connectivity index (χ0v) is 17.7. The monoisotopic (exact) mass is 425 g/mol. The Labute approximate surface area is 180 Å². The lowest BCUT2D eigenvalue weighted by atomic mass is 10.2. The Morgan fingerprint density at radius 3 is 2.21 bits per heavy atom. The smallest absolute Gasteiger partial charge is 0.247 e. The number of rotatable bonds is 4. The van der Waals surface area contributed by atoms with E-state index in [0.717, 1.165) is 32.7 Å². The van der Waals surface area contributed by atoms with Gasteiger partial charge in [-0.3, -0.25) is 14.5 Å². The second kappa shape index (κ2) is 9.07. The molecule has 0 radical (unpaired) electrons. The predicted octanol–water partition coefficient (Wildman–Crippen LogP) is 3.15. The van der Waals surface area contributed by atoms with Gasteiger partial charge in [-0.25, -0.2) is 4.90 Å². The zero-order chi connectivity index (χ0) is 20.2. The van der Waals surface area contributed by atoms with Crippen molar-refractivity contribution in [3.8, 4) is 0 Å². The van der Waals surface area contributed by atoms with E-state index in [1.165, 1.54) is 22.2 Å². The van der Waals surface area contributed by atoms with Crippen molar-refractivity contribution >= 4 is 45.8 Å². The summed E-state index contributed by atoms with van der Waals surface area (Å²) in [4.78, 5) is 31.0. The van der Waals surface area contributed by atoms with Crippen LogP contribution in [0, 0.1) is 0 Å². The molecule has 0 bridgehead atoms. The van der Waals surface area contributed by atoms with Crippen LogP contribution < -0.4 is 4.90 Å². The minimum absolute atomic E-state index is 0.158. The number of carbonyl (C=O) groups excluding carboxylic acids is 2. The van der Waals surface area contributed by atoms with Crippen LogP contribution in [0.4, 0.5) is 5.69 Å². The van der Waals surface area contributed by atoms with Crippen molar-refractivity contribution in [2.75, 3.05) is 31.1 Å². The summed E-state index contributed by atoms with van der Waals surface area (Å²) in [5, 5.41) is -0.433. The van der Waals surface area contributed by atoms with Crippen molar-refractivity contribution in [2.45, 2.75) is 18.2 Å². The van der Waals surface area contributed by atoms with Gasteiger partial charge in [-0.15, -0.1) is 0 Å². The van der Waals surface area contributed by atoms with Crippen LogP contribution in [0.3, 0.4) is 0 Å². The Hall–Kier alpha value is -2.22. The molecule has 1 unspecified atom stereocenters. The first kappa shape index (κ1) is 20.1. The molecule has 2 aliphatic heterocycles. The number of hydrogen-bond donors (Lipinski definition) is 0. The average molecular weight is 426 g/mol. The van der Waals surface area contributed by atoms with Crippen LogP contribution in [0.2, 0.25) is 0 Å². The number of imide groups is 1. The Morgan fingerprint density at radius 1 is 0.931 bits per heavy atom. The fraction of sp³-hybridized carbons (Fsp3) is 0.318. The van der Waals surface area contributed by atoms with E-state index in [0.29, 0.717) is 10.0 Å². The number of hydrogen-bond acceptors (Lipinski definition) is 5. The molecular weight excluding hydrogens is 402 g/mol. The summed E-state index contributed by atoms with van der Waals surface area (Å²) >= 11 is 6.97. The first-order valence-corrected chi connectivity index (χ1v) is 11.0. The highest BCUT2D eigenvalue weighted by atomic mass is 32.2. The van der Waals surface area contributed by atoms with E-state index in [-0.39, 0.29) is 18.2 Å². The lowest BCUT2D eigenvalue weighted by Gasteiger charge is -2.36. The molecule has 1 atom stereocenters. The Bertz CT molecular complexity index is 883. The Kier molecular flexibility index (Phi) is 6.28. The van der Waals surface area contributed by atoms with Crippen LogP contribution in [-0.4, -0.2) is 57.4 Å². The standard InChI is InChI=1S/C22H23N3O2S2/c26-20-15-19(21(27)25(20)18-9-5-2-6-10-18)29-22(28)24-13-11-23(12-14-24)16-17-7-3-1-4-8-17/h1-10,19H,11-16H2. The number of thiocarbonyl (C=S) groups is 1. The lowest BCUT2D eigenvalue weighted by Crippen LogP contribution is -2.47. The molecule has 2 aromatic rings. The molecule has 0 N–H and O–H groups in total. The van der Waals surface area contributed by atoms with E-state index in [1.807, 2.05) is 24.3 Å². The van der Waals surface area contributed by atoms with Crippen molar-refractivity contribution in [3.05, 3.63) is 66.2 Å². The maximum Gasteiger partial charge on any atom is 0.247 e. The molecular formula is C22H23N3O2S2. The molecule has 2 fully saturated rings. The second-order valence-electron chi connectivity index (χ2n) is 7.23. The highest BCUT2D eigenvalue weighted by Crippen LogP contribution is 2.31. The number of anilines is 1. The normalized spacial score (nSPS) is 20.3. The summed E-state index contributed by atoms with van der Waals surface area (Å²) in [6, 6.07) is 19.6. The van der Waals surface area contributed by atoms with Crippen molar-refractivity contribution in [1.29, 1.82) is 0 Å². The van der Waals surface area contributed by atoms with E-state index in [1.54, 1.807) is 12.1 Å². The van der Waals surface area contributed by atoms with Gasteiger partial charge in [-0.05, 0) is 17.7 Å². The number of nitrogens with zero attached hydrogens (tertiary/aromatic N) is 3. The highest BCUT2D eigenvalue weighted by molar-refractivity contribution is 8.23. The largest absolute Gasteiger partial charge is 0.355 e. The SMILES string of the molecule is O=C1CC(SC(=S)N2CCN(Cc3ccccc3)CC2)C(=O)N1c1ccccc1. The fourth-order valence-electron chi connectivity index (χ4n) is 3.67. The predicted molar refractivity (Wildman–Crippen MR) is 121 cm³/mol. The first-order valence-electron chi connectivity index (χ1n) is 9.75. The molecule has 4 rings (SSSR count). The number of piperazine rings is 1. The van der Waals surface area contributed by atoms with Gasteiger partial charge >= 0.3 is 0 Å². The van der Waals surface area contributed by atoms with Gasteiger partial charge in [0.15, 0.2) is 0 Å². The third kappa shape index (κ3) is 4.69. The summed E-state index contributed by atoms with van der Waals surface area (Å²) in [6.07, 6.45) is 0.201. The van der Waals surface area contributed by atoms with E-state index in [2.05, 4.69) is 34.1 Å².